The topological polar surface area (TPSA) is 48.9 Å². The smallest absolute Gasteiger partial charge is 0.191 e. The zero-order chi connectivity index (χ0) is 15.7. The Kier molecular flexibility index (Phi) is 10.5. The van der Waals surface area contributed by atoms with Crippen LogP contribution in [0.5, 0.6) is 0 Å². The fourth-order valence-corrected chi connectivity index (χ4v) is 3.70. The second kappa shape index (κ2) is 11.5. The molecule has 5 nitrogen and oxygen atoms in total. The van der Waals surface area contributed by atoms with E-state index in [1.54, 1.807) is 0 Å². The number of hydrogen-bond donors (Lipinski definition) is 2. The van der Waals surface area contributed by atoms with Crippen LogP contribution in [0.25, 0.3) is 0 Å². The van der Waals surface area contributed by atoms with Gasteiger partial charge in [-0.3, -0.25) is 9.89 Å². The van der Waals surface area contributed by atoms with E-state index in [9.17, 15) is 0 Å². The Balaban J connectivity index is 0.00000264. The van der Waals surface area contributed by atoms with Gasteiger partial charge in [-0.2, -0.15) is 0 Å². The monoisotopic (exact) mass is 438 g/mol. The van der Waals surface area contributed by atoms with E-state index in [0.29, 0.717) is 5.54 Å². The van der Waals surface area contributed by atoms with Crippen molar-refractivity contribution >= 4 is 29.9 Å². The third kappa shape index (κ3) is 6.38. The van der Waals surface area contributed by atoms with Crippen LogP contribution in [0.15, 0.2) is 4.99 Å². The van der Waals surface area contributed by atoms with E-state index >= 15 is 0 Å². The highest BCUT2D eigenvalue weighted by molar-refractivity contribution is 14.0. The van der Waals surface area contributed by atoms with Crippen molar-refractivity contribution in [3.05, 3.63) is 0 Å². The summed E-state index contributed by atoms with van der Waals surface area (Å²) in [7, 11) is 1.86. The van der Waals surface area contributed by atoms with Gasteiger partial charge in [-0.25, -0.2) is 0 Å². The zero-order valence-corrected chi connectivity index (χ0v) is 17.2. The van der Waals surface area contributed by atoms with Crippen LogP contribution < -0.4 is 10.6 Å². The molecule has 0 atom stereocenters. The third-order valence-corrected chi connectivity index (χ3v) is 5.10. The lowest BCUT2D eigenvalue weighted by atomic mass is 9.80. The van der Waals surface area contributed by atoms with Gasteiger partial charge in [0.15, 0.2) is 5.96 Å². The normalized spacial score (nSPS) is 22.3. The van der Waals surface area contributed by atoms with Gasteiger partial charge in [0.25, 0.3) is 0 Å². The highest BCUT2D eigenvalue weighted by Crippen LogP contribution is 2.33. The fourth-order valence-electron chi connectivity index (χ4n) is 3.70. The minimum Gasteiger partial charge on any atom is -0.379 e. The van der Waals surface area contributed by atoms with Gasteiger partial charge in [0, 0.05) is 38.8 Å². The Morgan fingerprint density at radius 1 is 1.13 bits per heavy atom. The predicted molar refractivity (Wildman–Crippen MR) is 108 cm³/mol. The molecule has 0 aromatic carbocycles. The Labute approximate surface area is 159 Å². The number of rotatable bonds is 6. The van der Waals surface area contributed by atoms with Crippen molar-refractivity contribution in [3.8, 4) is 0 Å². The fraction of sp³-hybridized carbons (Fsp3) is 0.941. The number of morpholine rings is 1. The lowest BCUT2D eigenvalue weighted by molar-refractivity contribution is -0.0352. The summed E-state index contributed by atoms with van der Waals surface area (Å²) >= 11 is 0. The summed E-state index contributed by atoms with van der Waals surface area (Å²) in [6, 6.07) is 0. The minimum absolute atomic E-state index is 0. The lowest BCUT2D eigenvalue weighted by Crippen LogP contribution is -2.60. The first-order valence-corrected chi connectivity index (χ1v) is 9.08. The summed E-state index contributed by atoms with van der Waals surface area (Å²) in [4.78, 5) is 7.04. The molecule has 0 aromatic rings. The molecule has 0 aromatic heterocycles. The second-order valence-corrected chi connectivity index (χ2v) is 6.59. The summed E-state index contributed by atoms with van der Waals surface area (Å²) < 4.78 is 5.55. The van der Waals surface area contributed by atoms with Crippen molar-refractivity contribution in [1.82, 2.24) is 15.5 Å². The first-order valence-electron chi connectivity index (χ1n) is 9.08. The van der Waals surface area contributed by atoms with Crippen molar-refractivity contribution in [1.29, 1.82) is 0 Å². The summed E-state index contributed by atoms with van der Waals surface area (Å²) in [5.41, 5.74) is 0.296. The molecule has 1 aliphatic heterocycles. The average molecular weight is 438 g/mol. The van der Waals surface area contributed by atoms with E-state index in [0.717, 1.165) is 45.4 Å². The van der Waals surface area contributed by atoms with Crippen LogP contribution in [0.3, 0.4) is 0 Å². The van der Waals surface area contributed by atoms with Gasteiger partial charge in [0.1, 0.15) is 0 Å². The van der Waals surface area contributed by atoms with Crippen molar-refractivity contribution in [2.45, 2.75) is 57.4 Å². The Bertz CT molecular complexity index is 339. The number of aliphatic imine (C=N–C) groups is 1. The Morgan fingerprint density at radius 2 is 1.83 bits per heavy atom. The van der Waals surface area contributed by atoms with Crippen LogP contribution in [0, 0.1) is 0 Å². The van der Waals surface area contributed by atoms with Crippen LogP contribution in [0.4, 0.5) is 0 Å². The SMILES string of the molecule is CCCCNC(=NC)NCC1(N2CCOCC2)CCCCC1.I. The summed E-state index contributed by atoms with van der Waals surface area (Å²) in [5.74, 6) is 0.951. The highest BCUT2D eigenvalue weighted by Gasteiger charge is 2.38. The Morgan fingerprint density at radius 3 is 2.43 bits per heavy atom. The van der Waals surface area contributed by atoms with Gasteiger partial charge in [-0.15, -0.1) is 24.0 Å². The van der Waals surface area contributed by atoms with E-state index in [4.69, 9.17) is 4.74 Å². The summed E-state index contributed by atoms with van der Waals surface area (Å²) in [6.45, 7) is 8.12. The van der Waals surface area contributed by atoms with E-state index in [2.05, 4.69) is 27.4 Å². The first kappa shape index (κ1) is 21.0. The molecule has 2 N–H and O–H groups in total. The molecule has 1 aliphatic carbocycles. The van der Waals surface area contributed by atoms with Crippen LogP contribution in [-0.2, 0) is 4.74 Å². The molecule has 2 rings (SSSR count). The standard InChI is InChI=1S/C17H34N4O.HI/c1-3-4-10-19-16(18-2)20-15-17(8-6-5-7-9-17)21-11-13-22-14-12-21;/h3-15H2,1-2H3,(H2,18,19,20);1H. The number of ether oxygens (including phenoxy) is 1. The predicted octanol–water partition coefficient (Wildman–Crippen LogP) is 2.60. The molecule has 1 saturated carbocycles. The molecule has 0 spiro atoms. The van der Waals surface area contributed by atoms with Crippen LogP contribution in [0.2, 0.25) is 0 Å². The van der Waals surface area contributed by atoms with Crippen molar-refractivity contribution in [2.24, 2.45) is 4.99 Å². The molecular weight excluding hydrogens is 403 g/mol. The van der Waals surface area contributed by atoms with Crippen LogP contribution in [-0.4, -0.2) is 62.8 Å². The molecule has 2 aliphatic rings. The number of hydrogen-bond acceptors (Lipinski definition) is 3. The molecule has 1 heterocycles. The van der Waals surface area contributed by atoms with E-state index in [1.165, 1.54) is 44.9 Å². The number of nitrogens with zero attached hydrogens (tertiary/aromatic N) is 2. The maximum atomic E-state index is 5.55. The van der Waals surface area contributed by atoms with Gasteiger partial charge >= 0.3 is 0 Å². The van der Waals surface area contributed by atoms with E-state index < -0.39 is 0 Å². The van der Waals surface area contributed by atoms with Gasteiger partial charge in [0.05, 0.1) is 13.2 Å². The van der Waals surface area contributed by atoms with Gasteiger partial charge in [-0.1, -0.05) is 32.6 Å². The van der Waals surface area contributed by atoms with Gasteiger partial charge in [-0.05, 0) is 19.3 Å². The molecule has 0 radical (unpaired) electrons. The largest absolute Gasteiger partial charge is 0.379 e. The molecular formula is C17H35IN4O. The van der Waals surface area contributed by atoms with Crippen molar-refractivity contribution < 1.29 is 4.74 Å². The van der Waals surface area contributed by atoms with Crippen LogP contribution in [0.1, 0.15) is 51.9 Å². The quantitative estimate of drug-likeness (QED) is 0.290. The maximum absolute atomic E-state index is 5.55. The summed E-state index contributed by atoms with van der Waals surface area (Å²) in [5, 5.41) is 7.02. The molecule has 136 valence electrons. The van der Waals surface area contributed by atoms with Crippen LogP contribution >= 0.6 is 24.0 Å². The van der Waals surface area contributed by atoms with Crippen molar-refractivity contribution in [3.63, 3.8) is 0 Å². The molecule has 6 heteroatoms. The number of halogens is 1. The molecule has 0 bridgehead atoms. The molecule has 1 saturated heterocycles. The summed E-state index contributed by atoms with van der Waals surface area (Å²) in [6.07, 6.45) is 9.08. The van der Waals surface area contributed by atoms with E-state index in [1.807, 2.05) is 7.05 Å². The molecule has 23 heavy (non-hydrogen) atoms. The molecule has 0 amide bonds. The molecule has 2 fully saturated rings. The van der Waals surface area contributed by atoms with E-state index in [-0.39, 0.29) is 24.0 Å². The van der Waals surface area contributed by atoms with Gasteiger partial charge < -0.3 is 15.4 Å². The Hall–Kier alpha value is -0.0800. The number of nitrogens with one attached hydrogen (secondary N) is 2. The maximum Gasteiger partial charge on any atom is 0.191 e. The third-order valence-electron chi connectivity index (χ3n) is 5.10. The average Bonchev–Trinajstić information content (AvgIpc) is 2.59. The first-order chi connectivity index (χ1) is 10.8. The highest BCUT2D eigenvalue weighted by atomic mass is 127. The van der Waals surface area contributed by atoms with Crippen molar-refractivity contribution in [2.75, 3.05) is 46.4 Å². The molecule has 0 unspecified atom stereocenters. The number of unbranched alkanes of at least 4 members (excludes halogenated alkanes) is 1. The second-order valence-electron chi connectivity index (χ2n) is 6.59. The number of guanidine groups is 1. The lowest BCUT2D eigenvalue weighted by Gasteiger charge is -2.48. The van der Waals surface area contributed by atoms with Gasteiger partial charge in [0.2, 0.25) is 0 Å². The zero-order valence-electron chi connectivity index (χ0n) is 14.9. The minimum atomic E-state index is 0.